The summed E-state index contributed by atoms with van der Waals surface area (Å²) in [6.07, 6.45) is 2.97. The molecular weight excluding hydrogens is 216 g/mol. The van der Waals surface area contributed by atoms with Gasteiger partial charge in [0.2, 0.25) is 0 Å². The minimum absolute atomic E-state index is 0.0163. The molecule has 2 rings (SSSR count). The molecule has 0 spiro atoms. The third-order valence-electron chi connectivity index (χ3n) is 2.91. The van der Waals surface area contributed by atoms with E-state index in [1.165, 1.54) is 24.3 Å². The maximum absolute atomic E-state index is 12.1. The average molecular weight is 228 g/mol. The van der Waals surface area contributed by atoms with E-state index in [-0.39, 0.29) is 28.8 Å². The standard InChI is InChI=1S/C14H12O3/c1-3-8(2)11-7-13(16)10-5-4-9(15)6-12(10)14(11)17/h3-8,15H,1H2,2H3. The SMILES string of the molecule is C=CC(C)C1=CC(=O)c2ccc(O)cc2C1=O. The van der Waals surface area contributed by atoms with Gasteiger partial charge in [0.05, 0.1) is 0 Å². The van der Waals surface area contributed by atoms with Crippen molar-refractivity contribution in [3.05, 3.63) is 53.6 Å². The lowest BCUT2D eigenvalue weighted by atomic mass is 9.84. The second-order valence-corrected chi connectivity index (χ2v) is 4.05. The molecule has 0 saturated heterocycles. The minimum Gasteiger partial charge on any atom is -0.508 e. The Bertz CT molecular complexity index is 553. The van der Waals surface area contributed by atoms with Gasteiger partial charge in [0.25, 0.3) is 0 Å². The van der Waals surface area contributed by atoms with E-state index >= 15 is 0 Å². The third-order valence-corrected chi connectivity index (χ3v) is 2.91. The number of rotatable bonds is 2. The molecule has 0 aromatic heterocycles. The second kappa shape index (κ2) is 4.01. The summed E-state index contributed by atoms with van der Waals surface area (Å²) in [5, 5.41) is 9.37. The Morgan fingerprint density at radius 3 is 2.65 bits per heavy atom. The Morgan fingerprint density at radius 2 is 2.00 bits per heavy atom. The summed E-state index contributed by atoms with van der Waals surface area (Å²) in [4.78, 5) is 24.0. The minimum atomic E-state index is -0.220. The molecule has 1 aromatic rings. The van der Waals surface area contributed by atoms with Gasteiger partial charge in [-0.2, -0.15) is 0 Å². The Kier molecular flexibility index (Phi) is 2.68. The topological polar surface area (TPSA) is 54.4 Å². The van der Waals surface area contributed by atoms with E-state index in [0.29, 0.717) is 11.1 Å². The van der Waals surface area contributed by atoms with Crippen LogP contribution in [0.5, 0.6) is 5.75 Å². The number of ketones is 2. The predicted molar refractivity (Wildman–Crippen MR) is 64.2 cm³/mol. The van der Waals surface area contributed by atoms with Crippen LogP contribution in [-0.2, 0) is 0 Å². The summed E-state index contributed by atoms with van der Waals surface area (Å²) in [7, 11) is 0. The van der Waals surface area contributed by atoms with Gasteiger partial charge in [-0.25, -0.2) is 0 Å². The van der Waals surface area contributed by atoms with Crippen LogP contribution in [0.3, 0.4) is 0 Å². The van der Waals surface area contributed by atoms with Crippen LogP contribution in [0.25, 0.3) is 0 Å². The fraction of sp³-hybridized carbons (Fsp3) is 0.143. The lowest BCUT2D eigenvalue weighted by Gasteiger charge is -2.17. The van der Waals surface area contributed by atoms with E-state index in [1.807, 2.05) is 0 Å². The van der Waals surface area contributed by atoms with E-state index in [4.69, 9.17) is 0 Å². The van der Waals surface area contributed by atoms with Crippen LogP contribution in [-0.4, -0.2) is 16.7 Å². The van der Waals surface area contributed by atoms with Crippen molar-refractivity contribution in [2.45, 2.75) is 6.92 Å². The van der Waals surface area contributed by atoms with Crippen LogP contribution < -0.4 is 0 Å². The fourth-order valence-corrected chi connectivity index (χ4v) is 1.84. The van der Waals surface area contributed by atoms with E-state index in [2.05, 4.69) is 6.58 Å². The first-order chi connectivity index (χ1) is 8.04. The zero-order valence-electron chi connectivity index (χ0n) is 9.43. The number of hydrogen-bond acceptors (Lipinski definition) is 3. The smallest absolute Gasteiger partial charge is 0.190 e. The summed E-state index contributed by atoms with van der Waals surface area (Å²) in [5.74, 6) is -0.620. The van der Waals surface area contributed by atoms with Crippen molar-refractivity contribution in [2.75, 3.05) is 0 Å². The van der Waals surface area contributed by atoms with Crippen molar-refractivity contribution in [1.29, 1.82) is 0 Å². The Balaban J connectivity index is 2.58. The zero-order valence-corrected chi connectivity index (χ0v) is 9.43. The van der Waals surface area contributed by atoms with Crippen LogP contribution >= 0.6 is 0 Å². The number of carbonyl (C=O) groups is 2. The quantitative estimate of drug-likeness (QED) is 0.791. The number of hydrogen-bond donors (Lipinski definition) is 1. The molecule has 1 atom stereocenters. The summed E-state index contributed by atoms with van der Waals surface area (Å²) in [5.41, 5.74) is 1.03. The molecule has 0 saturated carbocycles. The Morgan fingerprint density at radius 1 is 1.29 bits per heavy atom. The number of fused-ring (bicyclic) bond motifs is 1. The molecule has 86 valence electrons. The summed E-state index contributed by atoms with van der Waals surface area (Å²) in [6, 6.07) is 4.20. The molecule has 0 radical (unpaired) electrons. The number of phenolic OH excluding ortho intramolecular Hbond substituents is 1. The van der Waals surface area contributed by atoms with Crippen molar-refractivity contribution in [2.24, 2.45) is 5.92 Å². The molecule has 1 aromatic carbocycles. The number of allylic oxidation sites excluding steroid dienone is 3. The van der Waals surface area contributed by atoms with Crippen molar-refractivity contribution in [3.8, 4) is 5.75 Å². The molecule has 1 N–H and O–H groups in total. The van der Waals surface area contributed by atoms with E-state index in [0.717, 1.165) is 0 Å². The fourth-order valence-electron chi connectivity index (χ4n) is 1.84. The molecule has 0 bridgehead atoms. The summed E-state index contributed by atoms with van der Waals surface area (Å²) in [6.45, 7) is 5.42. The van der Waals surface area contributed by atoms with Crippen molar-refractivity contribution in [1.82, 2.24) is 0 Å². The molecule has 1 aliphatic carbocycles. The molecule has 1 aliphatic rings. The first kappa shape index (κ1) is 11.3. The van der Waals surface area contributed by atoms with Crippen LogP contribution in [0, 0.1) is 5.92 Å². The first-order valence-electron chi connectivity index (χ1n) is 5.30. The van der Waals surface area contributed by atoms with Crippen LogP contribution in [0.4, 0.5) is 0 Å². The molecule has 0 aliphatic heterocycles. The highest BCUT2D eigenvalue weighted by Crippen LogP contribution is 2.28. The van der Waals surface area contributed by atoms with Gasteiger partial charge >= 0.3 is 0 Å². The van der Waals surface area contributed by atoms with Crippen molar-refractivity contribution >= 4 is 11.6 Å². The molecule has 1 unspecified atom stereocenters. The summed E-state index contributed by atoms with van der Waals surface area (Å²) < 4.78 is 0. The van der Waals surface area contributed by atoms with Gasteiger partial charge in [-0.3, -0.25) is 9.59 Å². The Labute approximate surface area is 99.1 Å². The van der Waals surface area contributed by atoms with Crippen LogP contribution in [0.15, 0.2) is 42.5 Å². The normalized spacial score (nSPS) is 16.2. The highest BCUT2D eigenvalue weighted by Gasteiger charge is 2.27. The van der Waals surface area contributed by atoms with Crippen LogP contribution in [0.2, 0.25) is 0 Å². The molecular formula is C14H12O3. The Hall–Kier alpha value is -2.16. The largest absolute Gasteiger partial charge is 0.508 e. The van der Waals surface area contributed by atoms with Gasteiger partial charge in [0.15, 0.2) is 11.6 Å². The number of aromatic hydroxyl groups is 1. The van der Waals surface area contributed by atoms with E-state index in [1.54, 1.807) is 13.0 Å². The van der Waals surface area contributed by atoms with Crippen molar-refractivity contribution < 1.29 is 14.7 Å². The van der Waals surface area contributed by atoms with Crippen molar-refractivity contribution in [3.63, 3.8) is 0 Å². The molecule has 3 nitrogen and oxygen atoms in total. The lowest BCUT2D eigenvalue weighted by Crippen LogP contribution is -2.20. The molecule has 17 heavy (non-hydrogen) atoms. The number of benzene rings is 1. The zero-order chi connectivity index (χ0) is 12.6. The van der Waals surface area contributed by atoms with Crippen LogP contribution in [0.1, 0.15) is 27.6 Å². The third kappa shape index (κ3) is 1.80. The van der Waals surface area contributed by atoms with Gasteiger partial charge in [0.1, 0.15) is 5.75 Å². The highest BCUT2D eigenvalue weighted by atomic mass is 16.3. The van der Waals surface area contributed by atoms with E-state index in [9.17, 15) is 14.7 Å². The maximum atomic E-state index is 12.1. The van der Waals surface area contributed by atoms with Gasteiger partial charge in [-0.1, -0.05) is 13.0 Å². The monoisotopic (exact) mass is 228 g/mol. The molecule has 3 heteroatoms. The molecule has 0 fully saturated rings. The number of phenols is 1. The van der Waals surface area contributed by atoms with Gasteiger partial charge in [0, 0.05) is 22.6 Å². The maximum Gasteiger partial charge on any atom is 0.190 e. The van der Waals surface area contributed by atoms with E-state index < -0.39 is 0 Å². The first-order valence-corrected chi connectivity index (χ1v) is 5.30. The average Bonchev–Trinajstić information content (AvgIpc) is 2.32. The summed E-state index contributed by atoms with van der Waals surface area (Å²) >= 11 is 0. The molecule has 0 heterocycles. The highest BCUT2D eigenvalue weighted by molar-refractivity contribution is 6.24. The number of Topliss-reactive ketones (excluding diaryl/α,β-unsaturated/α-hetero) is 1. The van der Waals surface area contributed by atoms with Gasteiger partial charge in [-0.15, -0.1) is 6.58 Å². The lowest BCUT2D eigenvalue weighted by molar-refractivity contribution is 0.0978. The number of carbonyl (C=O) groups excluding carboxylic acids is 2. The van der Waals surface area contributed by atoms with Gasteiger partial charge < -0.3 is 5.11 Å². The predicted octanol–water partition coefficient (Wildman–Crippen LogP) is 2.52. The second-order valence-electron chi connectivity index (χ2n) is 4.05. The van der Waals surface area contributed by atoms with Gasteiger partial charge in [-0.05, 0) is 24.3 Å². The molecule has 0 amide bonds.